The Morgan fingerprint density at radius 1 is 1.36 bits per heavy atom. The number of nitrogens with zero attached hydrogens (tertiary/aromatic N) is 1. The molecule has 2 aliphatic rings. The van der Waals surface area contributed by atoms with Crippen molar-refractivity contribution in [1.29, 1.82) is 0 Å². The van der Waals surface area contributed by atoms with Gasteiger partial charge in [-0.15, -0.1) is 0 Å². The highest BCUT2D eigenvalue weighted by molar-refractivity contribution is 5.39. The zero-order valence-electron chi connectivity index (χ0n) is 8.24. The van der Waals surface area contributed by atoms with E-state index in [1.54, 1.807) is 0 Å². The summed E-state index contributed by atoms with van der Waals surface area (Å²) in [5.74, 6) is 0. The van der Waals surface area contributed by atoms with Gasteiger partial charge in [0.25, 0.3) is 0 Å². The molecule has 0 aliphatic carbocycles. The van der Waals surface area contributed by atoms with E-state index in [0.717, 1.165) is 19.5 Å². The lowest BCUT2D eigenvalue weighted by atomic mass is 9.89. The fourth-order valence-corrected chi connectivity index (χ4v) is 3.05. The van der Waals surface area contributed by atoms with Crippen LogP contribution in [0.2, 0.25) is 0 Å². The first-order chi connectivity index (χ1) is 6.87. The Morgan fingerprint density at radius 3 is 3.07 bits per heavy atom. The van der Waals surface area contributed by atoms with Crippen molar-refractivity contribution < 1.29 is 5.11 Å². The number of hydrogen-bond donors (Lipinski definition) is 1. The molecule has 2 heterocycles. The van der Waals surface area contributed by atoms with Crippen molar-refractivity contribution in [3.63, 3.8) is 0 Å². The molecule has 0 amide bonds. The molecule has 74 valence electrons. The van der Waals surface area contributed by atoms with E-state index in [2.05, 4.69) is 29.2 Å². The maximum Gasteiger partial charge on any atom is 0.0700 e. The van der Waals surface area contributed by atoms with E-state index >= 15 is 0 Å². The molecule has 1 aromatic rings. The van der Waals surface area contributed by atoms with Gasteiger partial charge >= 0.3 is 0 Å². The van der Waals surface area contributed by atoms with Gasteiger partial charge in [-0.2, -0.15) is 0 Å². The second kappa shape index (κ2) is 2.81. The van der Waals surface area contributed by atoms with E-state index in [9.17, 15) is 5.11 Å². The zero-order chi connectivity index (χ0) is 9.60. The number of benzene rings is 1. The van der Waals surface area contributed by atoms with E-state index < -0.39 is 0 Å². The normalized spacial score (nSPS) is 30.4. The molecule has 0 aromatic heterocycles. The molecule has 14 heavy (non-hydrogen) atoms. The van der Waals surface area contributed by atoms with Gasteiger partial charge in [0.15, 0.2) is 0 Å². The van der Waals surface area contributed by atoms with Crippen LogP contribution < -0.4 is 0 Å². The number of hydrogen-bond acceptors (Lipinski definition) is 2. The summed E-state index contributed by atoms with van der Waals surface area (Å²) < 4.78 is 0. The molecule has 2 aliphatic heterocycles. The van der Waals surface area contributed by atoms with E-state index in [4.69, 9.17) is 0 Å². The monoisotopic (exact) mass is 189 g/mol. The standard InChI is InChI=1S/C12H15NO/c14-9-12-6-3-7-13(12)8-10-4-1-2-5-11(10)12/h1-2,4-5,14H,3,6-9H2. The van der Waals surface area contributed by atoms with Crippen molar-refractivity contribution in [2.75, 3.05) is 13.2 Å². The Morgan fingerprint density at radius 2 is 2.21 bits per heavy atom. The van der Waals surface area contributed by atoms with Gasteiger partial charge in [-0.05, 0) is 30.5 Å². The SMILES string of the molecule is OCC12CCCN1Cc1ccccc12. The molecule has 0 saturated carbocycles. The lowest BCUT2D eigenvalue weighted by Gasteiger charge is -2.30. The van der Waals surface area contributed by atoms with Gasteiger partial charge in [0, 0.05) is 6.54 Å². The molecular weight excluding hydrogens is 174 g/mol. The summed E-state index contributed by atoms with van der Waals surface area (Å²) in [7, 11) is 0. The Balaban J connectivity index is 2.15. The summed E-state index contributed by atoms with van der Waals surface area (Å²) in [4.78, 5) is 2.43. The van der Waals surface area contributed by atoms with Crippen molar-refractivity contribution in [3.8, 4) is 0 Å². The summed E-state index contributed by atoms with van der Waals surface area (Å²) in [5, 5.41) is 9.63. The molecule has 1 aromatic carbocycles. The third-order valence-corrected chi connectivity index (χ3v) is 3.77. The van der Waals surface area contributed by atoms with Crippen molar-refractivity contribution in [2.45, 2.75) is 24.9 Å². The van der Waals surface area contributed by atoms with E-state index in [1.165, 1.54) is 17.5 Å². The van der Waals surface area contributed by atoms with Crippen LogP contribution in [0.15, 0.2) is 24.3 Å². The molecule has 3 rings (SSSR count). The van der Waals surface area contributed by atoms with Gasteiger partial charge in [-0.25, -0.2) is 0 Å². The smallest absolute Gasteiger partial charge is 0.0700 e. The fraction of sp³-hybridized carbons (Fsp3) is 0.500. The van der Waals surface area contributed by atoms with Gasteiger partial charge in [0.05, 0.1) is 12.1 Å². The quantitative estimate of drug-likeness (QED) is 0.723. The van der Waals surface area contributed by atoms with E-state index in [-0.39, 0.29) is 12.1 Å². The largest absolute Gasteiger partial charge is 0.394 e. The molecule has 1 unspecified atom stereocenters. The molecule has 1 fully saturated rings. The van der Waals surface area contributed by atoms with Gasteiger partial charge in [0.2, 0.25) is 0 Å². The molecular formula is C12H15NO. The van der Waals surface area contributed by atoms with Crippen molar-refractivity contribution in [3.05, 3.63) is 35.4 Å². The predicted molar refractivity (Wildman–Crippen MR) is 54.8 cm³/mol. The molecule has 0 bridgehead atoms. The van der Waals surface area contributed by atoms with E-state index in [0.29, 0.717) is 0 Å². The first-order valence-corrected chi connectivity index (χ1v) is 5.31. The third-order valence-electron chi connectivity index (χ3n) is 3.77. The average Bonchev–Trinajstić information content (AvgIpc) is 2.73. The summed E-state index contributed by atoms with van der Waals surface area (Å²) in [6.45, 7) is 2.43. The maximum absolute atomic E-state index is 9.63. The summed E-state index contributed by atoms with van der Waals surface area (Å²) >= 11 is 0. The minimum absolute atomic E-state index is 0.0312. The molecule has 1 atom stereocenters. The predicted octanol–water partition coefficient (Wildman–Crippen LogP) is 1.48. The number of aliphatic hydroxyl groups excluding tert-OH is 1. The maximum atomic E-state index is 9.63. The van der Waals surface area contributed by atoms with Crippen LogP contribution >= 0.6 is 0 Å². The van der Waals surface area contributed by atoms with E-state index in [1.807, 2.05) is 0 Å². The lowest BCUT2D eigenvalue weighted by molar-refractivity contribution is 0.0752. The van der Waals surface area contributed by atoms with Crippen LogP contribution in [0.5, 0.6) is 0 Å². The van der Waals surface area contributed by atoms with Crippen LogP contribution in [0.25, 0.3) is 0 Å². The average molecular weight is 189 g/mol. The van der Waals surface area contributed by atoms with Gasteiger partial charge in [-0.3, -0.25) is 4.90 Å². The lowest BCUT2D eigenvalue weighted by Crippen LogP contribution is -2.38. The molecule has 0 spiro atoms. The van der Waals surface area contributed by atoms with Crippen LogP contribution in [0.4, 0.5) is 0 Å². The third kappa shape index (κ3) is 0.877. The van der Waals surface area contributed by atoms with Crippen molar-refractivity contribution in [2.24, 2.45) is 0 Å². The summed E-state index contributed by atoms with van der Waals surface area (Å²) in [5.41, 5.74) is 2.73. The Kier molecular flexibility index (Phi) is 1.70. The number of aliphatic hydroxyl groups is 1. The van der Waals surface area contributed by atoms with Gasteiger partial charge in [-0.1, -0.05) is 24.3 Å². The Bertz CT molecular complexity index is 363. The number of fused-ring (bicyclic) bond motifs is 3. The first-order valence-electron chi connectivity index (χ1n) is 5.31. The van der Waals surface area contributed by atoms with Crippen LogP contribution in [-0.4, -0.2) is 23.2 Å². The Labute approximate surface area is 84.2 Å². The second-order valence-corrected chi connectivity index (χ2v) is 4.37. The fourth-order valence-electron chi connectivity index (χ4n) is 3.05. The van der Waals surface area contributed by atoms with Crippen LogP contribution in [-0.2, 0) is 12.1 Å². The first kappa shape index (κ1) is 8.45. The van der Waals surface area contributed by atoms with Crippen LogP contribution in [0.3, 0.4) is 0 Å². The molecule has 0 radical (unpaired) electrons. The van der Waals surface area contributed by atoms with Crippen LogP contribution in [0.1, 0.15) is 24.0 Å². The molecule has 2 nitrogen and oxygen atoms in total. The highest BCUT2D eigenvalue weighted by Crippen LogP contribution is 2.45. The zero-order valence-corrected chi connectivity index (χ0v) is 8.24. The topological polar surface area (TPSA) is 23.5 Å². The molecule has 1 saturated heterocycles. The second-order valence-electron chi connectivity index (χ2n) is 4.37. The summed E-state index contributed by atoms with van der Waals surface area (Å²) in [6, 6.07) is 8.53. The minimum atomic E-state index is -0.0312. The highest BCUT2D eigenvalue weighted by atomic mass is 16.3. The summed E-state index contributed by atoms with van der Waals surface area (Å²) in [6.07, 6.45) is 2.33. The molecule has 2 heteroatoms. The van der Waals surface area contributed by atoms with Crippen molar-refractivity contribution in [1.82, 2.24) is 4.90 Å². The minimum Gasteiger partial charge on any atom is -0.394 e. The number of rotatable bonds is 1. The van der Waals surface area contributed by atoms with Gasteiger partial charge in [0.1, 0.15) is 0 Å². The highest BCUT2D eigenvalue weighted by Gasteiger charge is 2.47. The van der Waals surface area contributed by atoms with Crippen LogP contribution in [0, 0.1) is 0 Å². The van der Waals surface area contributed by atoms with Crippen molar-refractivity contribution >= 4 is 0 Å². The molecule has 1 N–H and O–H groups in total. The van der Waals surface area contributed by atoms with Gasteiger partial charge < -0.3 is 5.11 Å². The Hall–Kier alpha value is -0.860.